The zero-order chi connectivity index (χ0) is 21.8. The number of hydrogen-bond acceptors (Lipinski definition) is 2. The summed E-state index contributed by atoms with van der Waals surface area (Å²) in [5.41, 5.74) is 4.22. The van der Waals surface area contributed by atoms with Crippen molar-refractivity contribution in [3.8, 4) is 0 Å². The first-order valence-corrected chi connectivity index (χ1v) is 12.1. The van der Waals surface area contributed by atoms with Crippen LogP contribution < -0.4 is 15.9 Å². The van der Waals surface area contributed by atoms with Crippen LogP contribution in [-0.4, -0.2) is 10.8 Å². The molecule has 0 unspecified atom stereocenters. The summed E-state index contributed by atoms with van der Waals surface area (Å²) in [6.45, 7) is 0.546. The number of rotatable bonds is 5. The van der Waals surface area contributed by atoms with Gasteiger partial charge in [-0.25, -0.2) is 0 Å². The Labute approximate surface area is 190 Å². The zero-order valence-electron chi connectivity index (χ0n) is 17.7. The van der Waals surface area contributed by atoms with Gasteiger partial charge < -0.3 is 5.11 Å². The SMILES string of the molecule is OC1=Cc2ccccc2CC1=NCc1ccccc1P(c1ccccc1)c1ccccc1. The zero-order valence-corrected chi connectivity index (χ0v) is 18.6. The van der Waals surface area contributed by atoms with Crippen LogP contribution in [0.5, 0.6) is 0 Å². The maximum Gasteiger partial charge on any atom is 0.137 e. The molecule has 2 nitrogen and oxygen atoms in total. The van der Waals surface area contributed by atoms with Crippen LogP contribution >= 0.6 is 7.92 Å². The van der Waals surface area contributed by atoms with E-state index in [1.54, 1.807) is 0 Å². The average molecular weight is 433 g/mol. The second kappa shape index (κ2) is 9.34. The molecule has 0 bridgehead atoms. The van der Waals surface area contributed by atoms with Gasteiger partial charge in [-0.2, -0.15) is 0 Å². The van der Waals surface area contributed by atoms with Crippen LogP contribution in [0.3, 0.4) is 0 Å². The van der Waals surface area contributed by atoms with E-state index in [9.17, 15) is 5.11 Å². The van der Waals surface area contributed by atoms with Crippen molar-refractivity contribution >= 4 is 35.6 Å². The number of nitrogens with zero attached hydrogens (tertiary/aromatic N) is 1. The Morgan fingerprint density at radius 2 is 1.28 bits per heavy atom. The van der Waals surface area contributed by atoms with E-state index in [4.69, 9.17) is 4.99 Å². The monoisotopic (exact) mass is 433 g/mol. The summed E-state index contributed by atoms with van der Waals surface area (Å²) in [7, 11) is -0.695. The molecule has 1 aliphatic rings. The lowest BCUT2D eigenvalue weighted by molar-refractivity contribution is 0.445. The number of aliphatic hydroxyl groups is 1. The van der Waals surface area contributed by atoms with Gasteiger partial charge >= 0.3 is 0 Å². The maximum atomic E-state index is 10.6. The number of allylic oxidation sites excluding steroid dienone is 1. The van der Waals surface area contributed by atoms with Crippen LogP contribution in [0.15, 0.2) is 120 Å². The molecule has 4 aromatic carbocycles. The normalized spacial score (nSPS) is 14.3. The van der Waals surface area contributed by atoms with Crippen LogP contribution in [0.25, 0.3) is 6.08 Å². The Kier molecular flexibility index (Phi) is 5.96. The molecule has 3 heteroatoms. The van der Waals surface area contributed by atoms with Crippen molar-refractivity contribution in [2.24, 2.45) is 4.99 Å². The van der Waals surface area contributed by atoms with Crippen LogP contribution in [0.4, 0.5) is 0 Å². The molecule has 1 N–H and O–H groups in total. The summed E-state index contributed by atoms with van der Waals surface area (Å²) in [4.78, 5) is 4.87. The summed E-state index contributed by atoms with van der Waals surface area (Å²) in [5.74, 6) is 0.273. The quantitative estimate of drug-likeness (QED) is 0.412. The first kappa shape index (κ1) is 20.4. The van der Waals surface area contributed by atoms with Gasteiger partial charge in [-0.1, -0.05) is 109 Å². The fourth-order valence-corrected chi connectivity index (χ4v) is 6.56. The van der Waals surface area contributed by atoms with Crippen LogP contribution in [0.1, 0.15) is 16.7 Å². The van der Waals surface area contributed by atoms with E-state index in [0.29, 0.717) is 13.0 Å². The molecule has 156 valence electrons. The van der Waals surface area contributed by atoms with Gasteiger partial charge in [-0.3, -0.25) is 4.99 Å². The summed E-state index contributed by atoms with van der Waals surface area (Å²) >= 11 is 0. The largest absolute Gasteiger partial charge is 0.506 e. The van der Waals surface area contributed by atoms with Crippen molar-refractivity contribution in [3.63, 3.8) is 0 Å². The van der Waals surface area contributed by atoms with Gasteiger partial charge in [0.15, 0.2) is 0 Å². The van der Waals surface area contributed by atoms with E-state index >= 15 is 0 Å². The number of aliphatic imine (C=N–C) groups is 1. The summed E-state index contributed by atoms with van der Waals surface area (Å²) < 4.78 is 0. The average Bonchev–Trinajstić information content (AvgIpc) is 2.85. The molecule has 1 aliphatic carbocycles. The van der Waals surface area contributed by atoms with Crippen molar-refractivity contribution in [2.75, 3.05) is 0 Å². The number of hydrogen-bond donors (Lipinski definition) is 1. The first-order valence-electron chi connectivity index (χ1n) is 10.8. The van der Waals surface area contributed by atoms with Gasteiger partial charge in [0.1, 0.15) is 5.76 Å². The number of aliphatic hydroxyl groups excluding tert-OH is 1. The topological polar surface area (TPSA) is 32.6 Å². The second-order valence-electron chi connectivity index (χ2n) is 7.80. The second-order valence-corrected chi connectivity index (χ2v) is 9.99. The fourth-order valence-electron chi connectivity index (χ4n) is 4.10. The van der Waals surface area contributed by atoms with Crippen molar-refractivity contribution < 1.29 is 5.11 Å². The molecule has 0 amide bonds. The fraction of sp³-hybridized carbons (Fsp3) is 0.0690. The summed E-state index contributed by atoms with van der Waals surface area (Å²) in [5, 5.41) is 14.5. The summed E-state index contributed by atoms with van der Waals surface area (Å²) in [6.07, 6.45) is 2.48. The predicted molar refractivity (Wildman–Crippen MR) is 137 cm³/mol. The maximum absolute atomic E-state index is 10.6. The smallest absolute Gasteiger partial charge is 0.137 e. The van der Waals surface area contributed by atoms with Gasteiger partial charge in [-0.05, 0) is 46.6 Å². The molecule has 0 fully saturated rings. The molecular weight excluding hydrogens is 409 g/mol. The Hall–Kier alpha value is -3.48. The molecule has 0 atom stereocenters. The molecule has 32 heavy (non-hydrogen) atoms. The molecule has 4 aromatic rings. The molecule has 0 aromatic heterocycles. The Balaban J connectivity index is 1.52. The Bertz CT molecular complexity index is 1240. The third kappa shape index (κ3) is 4.28. The van der Waals surface area contributed by atoms with E-state index in [0.717, 1.165) is 11.3 Å². The van der Waals surface area contributed by atoms with Crippen molar-refractivity contribution in [1.29, 1.82) is 0 Å². The van der Waals surface area contributed by atoms with Crippen molar-refractivity contribution in [1.82, 2.24) is 0 Å². The van der Waals surface area contributed by atoms with Crippen LogP contribution in [-0.2, 0) is 13.0 Å². The van der Waals surface area contributed by atoms with Gasteiger partial charge in [0.05, 0.1) is 12.3 Å². The summed E-state index contributed by atoms with van der Waals surface area (Å²) in [6, 6.07) is 38.2. The van der Waals surface area contributed by atoms with Crippen LogP contribution in [0, 0.1) is 0 Å². The Morgan fingerprint density at radius 3 is 2.00 bits per heavy atom. The van der Waals surface area contributed by atoms with E-state index in [2.05, 4.69) is 91.0 Å². The van der Waals surface area contributed by atoms with Crippen molar-refractivity contribution in [2.45, 2.75) is 13.0 Å². The van der Waals surface area contributed by atoms with E-state index in [1.165, 1.54) is 27.0 Å². The standard InChI is InChI=1S/C29H24NOP/c31-28-20-23-12-8-7-11-22(23)19-27(28)30-21-24-13-9-10-18-29(24)32(25-14-3-1-4-15-25)26-16-5-2-6-17-26/h1-18,20,31H,19,21H2. The lowest BCUT2D eigenvalue weighted by atomic mass is 9.95. The van der Waals surface area contributed by atoms with Gasteiger partial charge in [0.2, 0.25) is 0 Å². The van der Waals surface area contributed by atoms with E-state index in [1.807, 2.05) is 24.3 Å². The highest BCUT2D eigenvalue weighted by Crippen LogP contribution is 2.34. The first-order chi connectivity index (χ1) is 15.8. The molecule has 0 radical (unpaired) electrons. The molecule has 0 saturated carbocycles. The Morgan fingerprint density at radius 1 is 0.688 bits per heavy atom. The number of benzene rings is 4. The minimum Gasteiger partial charge on any atom is -0.506 e. The highest BCUT2D eigenvalue weighted by atomic mass is 31.1. The highest BCUT2D eigenvalue weighted by Gasteiger charge is 2.20. The third-order valence-electron chi connectivity index (χ3n) is 5.70. The lowest BCUT2D eigenvalue weighted by Gasteiger charge is -2.22. The highest BCUT2D eigenvalue weighted by molar-refractivity contribution is 7.79. The predicted octanol–water partition coefficient (Wildman–Crippen LogP) is 5.54. The minimum atomic E-state index is -0.695. The molecule has 0 saturated heterocycles. The molecule has 0 aliphatic heterocycles. The molecule has 0 spiro atoms. The van der Waals surface area contributed by atoms with Gasteiger partial charge in [0.25, 0.3) is 0 Å². The van der Waals surface area contributed by atoms with Gasteiger partial charge in [0, 0.05) is 6.42 Å². The van der Waals surface area contributed by atoms with Gasteiger partial charge in [-0.15, -0.1) is 0 Å². The minimum absolute atomic E-state index is 0.273. The molecular formula is C29H24NOP. The van der Waals surface area contributed by atoms with E-state index in [-0.39, 0.29) is 5.76 Å². The molecule has 5 rings (SSSR count). The van der Waals surface area contributed by atoms with Crippen LogP contribution in [0.2, 0.25) is 0 Å². The molecule has 0 heterocycles. The van der Waals surface area contributed by atoms with Crippen molar-refractivity contribution in [3.05, 3.63) is 132 Å². The lowest BCUT2D eigenvalue weighted by Crippen LogP contribution is -2.23. The third-order valence-corrected chi connectivity index (χ3v) is 8.25. The number of fused-ring (bicyclic) bond motifs is 1. The van der Waals surface area contributed by atoms with E-state index < -0.39 is 7.92 Å².